The Balaban J connectivity index is 1.24. The SMILES string of the molecule is CC1(C)c2ccccc2-c2ccc(-c3ccc4c5ccccc5c5cccc(-c6nc(-c7ccccc7)nc(-c7ccccc7)n6)c5c4c3)cc21. The van der Waals surface area contributed by atoms with Gasteiger partial charge in [0.2, 0.25) is 0 Å². The molecule has 0 bridgehead atoms. The fourth-order valence-corrected chi connectivity index (χ4v) is 8.18. The number of fused-ring (bicyclic) bond motifs is 9. The van der Waals surface area contributed by atoms with Gasteiger partial charge >= 0.3 is 0 Å². The van der Waals surface area contributed by atoms with Gasteiger partial charge < -0.3 is 0 Å². The summed E-state index contributed by atoms with van der Waals surface area (Å²) in [4.78, 5) is 15.3. The fraction of sp³-hybridized carbons (Fsp3) is 0.0625. The quantitative estimate of drug-likeness (QED) is 0.178. The molecular weight excluding hydrogens is 619 g/mol. The normalized spacial score (nSPS) is 13.1. The highest BCUT2D eigenvalue weighted by molar-refractivity contribution is 6.28. The highest BCUT2D eigenvalue weighted by atomic mass is 15.0. The van der Waals surface area contributed by atoms with E-state index in [1.54, 1.807) is 0 Å². The first-order valence-electron chi connectivity index (χ1n) is 17.5. The smallest absolute Gasteiger partial charge is 0.164 e. The van der Waals surface area contributed by atoms with Crippen molar-refractivity contribution in [3.05, 3.63) is 175 Å². The maximum Gasteiger partial charge on any atom is 0.164 e. The standard InChI is InChI=1S/C48H33N3/c1-48(2)42-23-12-11-20-37(42)38-27-25-33(29-43(38)48)32-24-26-36-34-18-9-10-19-35(34)39-21-13-22-40(44(39)41(36)28-32)47-50-45(30-14-5-3-6-15-30)49-46(51-47)31-16-7-4-8-17-31/h3-29H,1-2H3. The van der Waals surface area contributed by atoms with Crippen molar-refractivity contribution >= 4 is 32.3 Å². The van der Waals surface area contributed by atoms with Crippen LogP contribution in [0.1, 0.15) is 25.0 Å². The molecule has 0 saturated carbocycles. The number of rotatable bonds is 4. The molecule has 0 spiro atoms. The zero-order valence-corrected chi connectivity index (χ0v) is 28.4. The lowest BCUT2D eigenvalue weighted by Gasteiger charge is -2.22. The summed E-state index contributed by atoms with van der Waals surface area (Å²) >= 11 is 0. The van der Waals surface area contributed by atoms with E-state index in [-0.39, 0.29) is 5.41 Å². The topological polar surface area (TPSA) is 38.7 Å². The summed E-state index contributed by atoms with van der Waals surface area (Å²) in [7, 11) is 0. The lowest BCUT2D eigenvalue weighted by molar-refractivity contribution is 0.660. The molecule has 0 aliphatic heterocycles. The van der Waals surface area contributed by atoms with Crippen molar-refractivity contribution in [2.45, 2.75) is 19.3 Å². The molecule has 0 amide bonds. The first-order valence-corrected chi connectivity index (χ1v) is 17.5. The van der Waals surface area contributed by atoms with Crippen LogP contribution in [0.3, 0.4) is 0 Å². The van der Waals surface area contributed by atoms with Crippen molar-refractivity contribution < 1.29 is 0 Å². The summed E-state index contributed by atoms with van der Waals surface area (Å²) in [6, 6.07) is 58.4. The molecule has 10 rings (SSSR count). The van der Waals surface area contributed by atoms with Crippen LogP contribution in [0, 0.1) is 0 Å². The fourth-order valence-electron chi connectivity index (χ4n) is 8.18. The maximum atomic E-state index is 5.17. The van der Waals surface area contributed by atoms with E-state index < -0.39 is 0 Å². The Morgan fingerprint density at radius 2 is 0.843 bits per heavy atom. The predicted molar refractivity (Wildman–Crippen MR) is 212 cm³/mol. The second-order valence-electron chi connectivity index (χ2n) is 14.0. The minimum Gasteiger partial charge on any atom is -0.208 e. The molecule has 9 aromatic rings. The summed E-state index contributed by atoms with van der Waals surface area (Å²) in [6.07, 6.45) is 0. The Morgan fingerprint density at radius 3 is 1.57 bits per heavy atom. The summed E-state index contributed by atoms with van der Waals surface area (Å²) < 4.78 is 0. The summed E-state index contributed by atoms with van der Waals surface area (Å²) in [6.45, 7) is 4.69. The van der Waals surface area contributed by atoms with Gasteiger partial charge in [0.25, 0.3) is 0 Å². The number of benzene rings is 8. The largest absolute Gasteiger partial charge is 0.208 e. The summed E-state index contributed by atoms with van der Waals surface area (Å²) in [5.74, 6) is 1.97. The third-order valence-corrected chi connectivity index (χ3v) is 10.7. The van der Waals surface area contributed by atoms with Crippen molar-refractivity contribution in [1.82, 2.24) is 15.0 Å². The van der Waals surface area contributed by atoms with Gasteiger partial charge in [0, 0.05) is 27.5 Å². The van der Waals surface area contributed by atoms with Crippen LogP contribution in [0.15, 0.2) is 164 Å². The predicted octanol–water partition coefficient (Wildman–Crippen LogP) is 12.3. The lowest BCUT2D eigenvalue weighted by Crippen LogP contribution is -2.14. The maximum absolute atomic E-state index is 5.17. The zero-order chi connectivity index (χ0) is 34.1. The van der Waals surface area contributed by atoms with E-state index >= 15 is 0 Å². The van der Waals surface area contributed by atoms with Gasteiger partial charge in [-0.3, -0.25) is 0 Å². The molecule has 1 aliphatic carbocycles. The first-order chi connectivity index (χ1) is 25.0. The van der Waals surface area contributed by atoms with E-state index in [0.29, 0.717) is 17.5 Å². The Morgan fingerprint density at radius 1 is 0.333 bits per heavy atom. The summed E-state index contributed by atoms with van der Waals surface area (Å²) in [5, 5.41) is 7.17. The molecule has 8 aromatic carbocycles. The molecule has 0 unspecified atom stereocenters. The van der Waals surface area contributed by atoms with Gasteiger partial charge in [0.1, 0.15) is 0 Å². The van der Waals surface area contributed by atoms with Gasteiger partial charge in [0.05, 0.1) is 0 Å². The van der Waals surface area contributed by atoms with Crippen LogP contribution in [0.2, 0.25) is 0 Å². The average Bonchev–Trinajstić information content (AvgIpc) is 3.43. The average molecular weight is 652 g/mol. The number of nitrogens with zero attached hydrogens (tertiary/aromatic N) is 3. The van der Waals surface area contributed by atoms with Crippen LogP contribution >= 0.6 is 0 Å². The van der Waals surface area contributed by atoms with Gasteiger partial charge in [-0.2, -0.15) is 0 Å². The molecule has 0 atom stereocenters. The highest BCUT2D eigenvalue weighted by Crippen LogP contribution is 2.50. The minimum absolute atomic E-state index is 0.0690. The van der Waals surface area contributed by atoms with E-state index in [1.807, 2.05) is 36.4 Å². The molecule has 0 fully saturated rings. The molecule has 0 N–H and O–H groups in total. The van der Waals surface area contributed by atoms with Crippen LogP contribution in [-0.4, -0.2) is 15.0 Å². The van der Waals surface area contributed by atoms with Crippen LogP contribution in [0.25, 0.3) is 88.7 Å². The molecule has 3 nitrogen and oxygen atoms in total. The van der Waals surface area contributed by atoms with Crippen LogP contribution in [0.4, 0.5) is 0 Å². The van der Waals surface area contributed by atoms with Gasteiger partial charge in [0.15, 0.2) is 17.5 Å². The lowest BCUT2D eigenvalue weighted by atomic mass is 9.81. The molecule has 3 heteroatoms. The molecule has 51 heavy (non-hydrogen) atoms. The first kappa shape index (κ1) is 29.5. The Labute approximate surface area is 297 Å². The highest BCUT2D eigenvalue weighted by Gasteiger charge is 2.35. The van der Waals surface area contributed by atoms with Crippen molar-refractivity contribution in [1.29, 1.82) is 0 Å². The molecule has 240 valence electrons. The second kappa shape index (κ2) is 11.3. The molecule has 1 heterocycles. The second-order valence-corrected chi connectivity index (χ2v) is 14.0. The number of aromatic nitrogens is 3. The van der Waals surface area contributed by atoms with Gasteiger partial charge in [-0.05, 0) is 72.4 Å². The number of hydrogen-bond donors (Lipinski definition) is 0. The molecule has 0 saturated heterocycles. The monoisotopic (exact) mass is 651 g/mol. The van der Waals surface area contributed by atoms with E-state index in [1.165, 1.54) is 60.3 Å². The molecule has 0 radical (unpaired) electrons. The minimum atomic E-state index is -0.0690. The number of hydrogen-bond acceptors (Lipinski definition) is 3. The van der Waals surface area contributed by atoms with Gasteiger partial charge in [-0.25, -0.2) is 15.0 Å². The van der Waals surface area contributed by atoms with Crippen LogP contribution < -0.4 is 0 Å². The van der Waals surface area contributed by atoms with Crippen molar-refractivity contribution in [2.24, 2.45) is 0 Å². The van der Waals surface area contributed by atoms with E-state index in [2.05, 4.69) is 141 Å². The molecule has 1 aliphatic rings. The van der Waals surface area contributed by atoms with E-state index in [9.17, 15) is 0 Å². The molecular formula is C48H33N3. The zero-order valence-electron chi connectivity index (χ0n) is 28.4. The van der Waals surface area contributed by atoms with Gasteiger partial charge in [-0.15, -0.1) is 0 Å². The van der Waals surface area contributed by atoms with E-state index in [4.69, 9.17) is 15.0 Å². The van der Waals surface area contributed by atoms with Crippen LogP contribution in [0.5, 0.6) is 0 Å². The summed E-state index contributed by atoms with van der Waals surface area (Å²) in [5.41, 5.74) is 10.7. The Bertz CT molecular complexity index is 2760. The van der Waals surface area contributed by atoms with Crippen LogP contribution in [-0.2, 0) is 5.41 Å². The third-order valence-electron chi connectivity index (χ3n) is 10.7. The van der Waals surface area contributed by atoms with Crippen molar-refractivity contribution in [2.75, 3.05) is 0 Å². The van der Waals surface area contributed by atoms with Crippen molar-refractivity contribution in [3.8, 4) is 56.4 Å². The Hall–Kier alpha value is -6.45. The third kappa shape index (κ3) is 4.62. The Kier molecular flexibility index (Phi) is 6.53. The van der Waals surface area contributed by atoms with Gasteiger partial charge in [-0.1, -0.05) is 166 Å². The molecule has 1 aromatic heterocycles. The van der Waals surface area contributed by atoms with Crippen molar-refractivity contribution in [3.63, 3.8) is 0 Å². The van der Waals surface area contributed by atoms with E-state index in [0.717, 1.165) is 22.1 Å².